The van der Waals surface area contributed by atoms with E-state index in [0.29, 0.717) is 18.6 Å². The van der Waals surface area contributed by atoms with E-state index < -0.39 is 0 Å². The third-order valence-corrected chi connectivity index (χ3v) is 3.97. The van der Waals surface area contributed by atoms with Crippen molar-refractivity contribution in [1.82, 2.24) is 15.5 Å². The summed E-state index contributed by atoms with van der Waals surface area (Å²) >= 11 is 0. The van der Waals surface area contributed by atoms with Crippen LogP contribution in [0.2, 0.25) is 0 Å². The van der Waals surface area contributed by atoms with E-state index in [0.717, 1.165) is 19.5 Å². The normalized spacial score (nSPS) is 23.6. The molecule has 0 saturated heterocycles. The number of carbonyl (C=O) groups excluding carboxylic acids is 1. The molecular formula is C15H31N3O. The third-order valence-electron chi connectivity index (χ3n) is 3.97. The van der Waals surface area contributed by atoms with Crippen LogP contribution >= 0.6 is 0 Å². The summed E-state index contributed by atoms with van der Waals surface area (Å²) in [4.78, 5) is 13.9. The summed E-state index contributed by atoms with van der Waals surface area (Å²) in [5.74, 6) is 0.163. The minimum Gasteiger partial charge on any atom is -0.355 e. The zero-order valence-corrected chi connectivity index (χ0v) is 12.9. The van der Waals surface area contributed by atoms with Gasteiger partial charge in [-0.2, -0.15) is 0 Å². The van der Waals surface area contributed by atoms with Crippen molar-refractivity contribution in [2.45, 2.75) is 64.5 Å². The summed E-state index contributed by atoms with van der Waals surface area (Å²) in [5.41, 5.74) is 0. The zero-order valence-electron chi connectivity index (χ0n) is 12.9. The molecule has 0 radical (unpaired) electrons. The Kier molecular flexibility index (Phi) is 8.07. The lowest BCUT2D eigenvalue weighted by atomic mass is 9.90. The number of carbonyl (C=O) groups is 1. The van der Waals surface area contributed by atoms with Gasteiger partial charge in [-0.1, -0.05) is 13.8 Å². The van der Waals surface area contributed by atoms with E-state index in [9.17, 15) is 4.79 Å². The quantitative estimate of drug-likeness (QED) is 0.706. The lowest BCUT2D eigenvalue weighted by Gasteiger charge is -2.34. The van der Waals surface area contributed by atoms with Crippen molar-refractivity contribution >= 4 is 5.91 Å². The second-order valence-corrected chi connectivity index (χ2v) is 5.72. The number of amides is 1. The molecule has 0 aromatic rings. The molecule has 1 fully saturated rings. The van der Waals surface area contributed by atoms with Gasteiger partial charge in [0.2, 0.25) is 5.91 Å². The van der Waals surface area contributed by atoms with E-state index in [-0.39, 0.29) is 5.91 Å². The van der Waals surface area contributed by atoms with Crippen LogP contribution in [0.5, 0.6) is 0 Å². The molecule has 0 bridgehead atoms. The van der Waals surface area contributed by atoms with Gasteiger partial charge < -0.3 is 10.6 Å². The highest BCUT2D eigenvalue weighted by atomic mass is 16.2. The summed E-state index contributed by atoms with van der Waals surface area (Å²) in [7, 11) is 2.08. The molecule has 1 saturated carbocycles. The highest BCUT2D eigenvalue weighted by Crippen LogP contribution is 2.22. The van der Waals surface area contributed by atoms with E-state index in [1.807, 2.05) is 0 Å². The molecule has 4 heteroatoms. The first-order valence-corrected chi connectivity index (χ1v) is 7.87. The fourth-order valence-electron chi connectivity index (χ4n) is 2.75. The molecule has 19 heavy (non-hydrogen) atoms. The summed E-state index contributed by atoms with van der Waals surface area (Å²) in [6.45, 7) is 6.75. The molecule has 112 valence electrons. The Labute approximate surface area is 118 Å². The molecule has 0 heterocycles. The summed E-state index contributed by atoms with van der Waals surface area (Å²) in [6.07, 6.45) is 7.11. The Morgan fingerprint density at radius 1 is 1.11 bits per heavy atom. The first-order valence-electron chi connectivity index (χ1n) is 7.87. The lowest BCUT2D eigenvalue weighted by Crippen LogP contribution is -2.44. The molecule has 4 nitrogen and oxygen atoms in total. The average Bonchev–Trinajstić information content (AvgIpc) is 2.43. The maximum Gasteiger partial charge on any atom is 0.234 e. The lowest BCUT2D eigenvalue weighted by molar-refractivity contribution is -0.122. The molecule has 0 unspecified atom stereocenters. The molecule has 0 aliphatic heterocycles. The smallest absolute Gasteiger partial charge is 0.234 e. The number of hydrogen-bond donors (Lipinski definition) is 2. The van der Waals surface area contributed by atoms with Crippen LogP contribution in [0.25, 0.3) is 0 Å². The number of hydrogen-bond acceptors (Lipinski definition) is 3. The first-order chi connectivity index (χ1) is 9.17. The highest BCUT2D eigenvalue weighted by Gasteiger charge is 2.24. The second-order valence-electron chi connectivity index (χ2n) is 5.72. The van der Waals surface area contributed by atoms with E-state index in [4.69, 9.17) is 0 Å². The molecule has 0 atom stereocenters. The molecule has 0 aromatic carbocycles. The summed E-state index contributed by atoms with van der Waals surface area (Å²) in [5, 5.41) is 6.55. The molecule has 1 aliphatic rings. The van der Waals surface area contributed by atoms with Gasteiger partial charge in [-0.25, -0.2) is 0 Å². The average molecular weight is 269 g/mol. The molecule has 1 rings (SSSR count). The monoisotopic (exact) mass is 269 g/mol. The van der Waals surface area contributed by atoms with E-state index in [2.05, 4.69) is 36.4 Å². The number of nitrogens with zero attached hydrogens (tertiary/aromatic N) is 1. The predicted molar refractivity (Wildman–Crippen MR) is 80.3 cm³/mol. The van der Waals surface area contributed by atoms with Crippen LogP contribution in [-0.2, 0) is 4.79 Å². The van der Waals surface area contributed by atoms with Crippen molar-refractivity contribution in [3.63, 3.8) is 0 Å². The van der Waals surface area contributed by atoms with Crippen LogP contribution in [0.15, 0.2) is 0 Å². The van der Waals surface area contributed by atoms with E-state index in [1.54, 1.807) is 0 Å². The van der Waals surface area contributed by atoms with Gasteiger partial charge >= 0.3 is 0 Å². The van der Waals surface area contributed by atoms with Crippen LogP contribution in [0.3, 0.4) is 0 Å². The topological polar surface area (TPSA) is 44.4 Å². The van der Waals surface area contributed by atoms with Gasteiger partial charge in [0.15, 0.2) is 0 Å². The molecule has 1 amide bonds. The van der Waals surface area contributed by atoms with Gasteiger partial charge in [-0.05, 0) is 52.1 Å². The van der Waals surface area contributed by atoms with Crippen LogP contribution in [-0.4, -0.2) is 49.6 Å². The van der Waals surface area contributed by atoms with Crippen LogP contribution < -0.4 is 10.6 Å². The SMILES string of the molecule is CCCNC(=O)CN(C)C1CCC(NCCC)CC1. The fourth-order valence-corrected chi connectivity index (χ4v) is 2.75. The third kappa shape index (κ3) is 6.39. The summed E-state index contributed by atoms with van der Waals surface area (Å²) < 4.78 is 0. The van der Waals surface area contributed by atoms with Crippen molar-refractivity contribution in [1.29, 1.82) is 0 Å². The van der Waals surface area contributed by atoms with Crippen LogP contribution in [0.4, 0.5) is 0 Å². The van der Waals surface area contributed by atoms with E-state index >= 15 is 0 Å². The van der Waals surface area contributed by atoms with Crippen LogP contribution in [0, 0.1) is 0 Å². The number of nitrogens with one attached hydrogen (secondary N) is 2. The number of likely N-dealkylation sites (N-methyl/N-ethyl adjacent to an activating group) is 1. The predicted octanol–water partition coefficient (Wildman–Crippen LogP) is 1.76. The van der Waals surface area contributed by atoms with Crippen LogP contribution in [0.1, 0.15) is 52.4 Å². The second kappa shape index (κ2) is 9.32. The zero-order chi connectivity index (χ0) is 14.1. The Hall–Kier alpha value is -0.610. The van der Waals surface area contributed by atoms with Gasteiger partial charge in [0.1, 0.15) is 0 Å². The van der Waals surface area contributed by atoms with Gasteiger partial charge in [-0.15, -0.1) is 0 Å². The van der Waals surface area contributed by atoms with Gasteiger partial charge in [0.25, 0.3) is 0 Å². The molecule has 0 spiro atoms. The Bertz CT molecular complexity index is 250. The minimum atomic E-state index is 0.163. The van der Waals surface area contributed by atoms with Gasteiger partial charge in [0.05, 0.1) is 6.54 Å². The van der Waals surface area contributed by atoms with Crippen molar-refractivity contribution in [2.24, 2.45) is 0 Å². The number of rotatable bonds is 8. The Morgan fingerprint density at radius 2 is 1.74 bits per heavy atom. The Balaban J connectivity index is 2.20. The summed E-state index contributed by atoms with van der Waals surface area (Å²) in [6, 6.07) is 1.27. The maximum absolute atomic E-state index is 11.7. The Morgan fingerprint density at radius 3 is 2.32 bits per heavy atom. The fraction of sp³-hybridized carbons (Fsp3) is 0.933. The molecular weight excluding hydrogens is 238 g/mol. The minimum absolute atomic E-state index is 0.163. The highest BCUT2D eigenvalue weighted by molar-refractivity contribution is 5.77. The van der Waals surface area contributed by atoms with Crippen molar-refractivity contribution in [3.05, 3.63) is 0 Å². The van der Waals surface area contributed by atoms with Crippen molar-refractivity contribution < 1.29 is 4.79 Å². The standard InChI is InChI=1S/C15H31N3O/c1-4-10-16-13-6-8-14(9-7-13)18(3)12-15(19)17-11-5-2/h13-14,16H,4-12H2,1-3H3,(H,17,19). The van der Waals surface area contributed by atoms with Crippen molar-refractivity contribution in [3.8, 4) is 0 Å². The first kappa shape index (κ1) is 16.4. The molecule has 0 aromatic heterocycles. The van der Waals surface area contributed by atoms with Gasteiger partial charge in [0, 0.05) is 18.6 Å². The van der Waals surface area contributed by atoms with Gasteiger partial charge in [-0.3, -0.25) is 9.69 Å². The molecule has 1 aliphatic carbocycles. The largest absolute Gasteiger partial charge is 0.355 e. The molecule has 2 N–H and O–H groups in total. The van der Waals surface area contributed by atoms with Crippen molar-refractivity contribution in [2.75, 3.05) is 26.7 Å². The maximum atomic E-state index is 11.7. The van der Waals surface area contributed by atoms with E-state index in [1.165, 1.54) is 32.1 Å².